The topological polar surface area (TPSA) is 46.6 Å². The van der Waals surface area contributed by atoms with Crippen molar-refractivity contribution in [1.82, 2.24) is 4.31 Å². The van der Waals surface area contributed by atoms with Crippen molar-refractivity contribution < 1.29 is 13.2 Å². The fraction of sp³-hybridized carbons (Fsp3) is 0.538. The Balaban J connectivity index is 1.97. The summed E-state index contributed by atoms with van der Waals surface area (Å²) in [5.41, 5.74) is 0.951. The summed E-state index contributed by atoms with van der Waals surface area (Å²) < 4.78 is 32.8. The molecule has 19 heavy (non-hydrogen) atoms. The Hall–Kier alpha value is -0.590. The minimum absolute atomic E-state index is 0.119. The molecule has 1 aliphatic carbocycles. The maximum absolute atomic E-state index is 12.4. The minimum atomic E-state index is -3.16. The van der Waals surface area contributed by atoms with E-state index in [4.69, 9.17) is 4.74 Å². The second-order valence-corrected chi connectivity index (χ2v) is 8.28. The van der Waals surface area contributed by atoms with E-state index < -0.39 is 10.0 Å². The smallest absolute Gasteiger partial charge is 0.217 e. The maximum Gasteiger partial charge on any atom is 0.217 e. The van der Waals surface area contributed by atoms with Crippen LogP contribution in [-0.4, -0.2) is 31.6 Å². The van der Waals surface area contributed by atoms with Gasteiger partial charge in [0.2, 0.25) is 10.0 Å². The summed E-state index contributed by atoms with van der Waals surface area (Å²) in [5, 5.41) is -0.170. The van der Waals surface area contributed by atoms with E-state index in [0.29, 0.717) is 13.0 Å². The predicted octanol–water partition coefficient (Wildman–Crippen LogP) is 2.70. The number of fused-ring (bicyclic) bond motifs is 1. The van der Waals surface area contributed by atoms with E-state index in [1.54, 1.807) is 11.4 Å². The molecule has 6 heteroatoms. The van der Waals surface area contributed by atoms with Crippen LogP contribution in [0.15, 0.2) is 22.7 Å². The summed E-state index contributed by atoms with van der Waals surface area (Å²) in [4.78, 5) is 0. The van der Waals surface area contributed by atoms with Gasteiger partial charge in [-0.25, -0.2) is 8.42 Å². The van der Waals surface area contributed by atoms with Gasteiger partial charge in [-0.05, 0) is 31.0 Å². The molecule has 1 atom stereocenters. The SMILES string of the molecule is CN([C@H]1CCOc2ccc(Br)cc21)S(=O)(=O)C1CC1. The molecular formula is C13H16BrNO3S. The summed E-state index contributed by atoms with van der Waals surface area (Å²) >= 11 is 3.44. The van der Waals surface area contributed by atoms with E-state index in [-0.39, 0.29) is 11.3 Å². The largest absolute Gasteiger partial charge is 0.493 e. The number of sulfonamides is 1. The van der Waals surface area contributed by atoms with Crippen LogP contribution in [0.25, 0.3) is 0 Å². The Morgan fingerprint density at radius 1 is 1.32 bits per heavy atom. The van der Waals surface area contributed by atoms with E-state index in [1.807, 2.05) is 18.2 Å². The molecule has 0 aromatic heterocycles. The fourth-order valence-electron chi connectivity index (χ4n) is 2.50. The Morgan fingerprint density at radius 3 is 2.74 bits per heavy atom. The van der Waals surface area contributed by atoms with Gasteiger partial charge in [0.15, 0.2) is 0 Å². The molecule has 104 valence electrons. The van der Waals surface area contributed by atoms with Gasteiger partial charge in [0, 0.05) is 23.5 Å². The Labute approximate surface area is 121 Å². The Morgan fingerprint density at radius 2 is 2.05 bits per heavy atom. The standard InChI is InChI=1S/C13H16BrNO3S/c1-15(19(16,17)10-3-4-10)12-6-7-18-13-5-2-9(14)8-11(12)13/h2,5,8,10,12H,3-4,6-7H2,1H3/t12-/m0/s1. The monoisotopic (exact) mass is 345 g/mol. The van der Waals surface area contributed by atoms with E-state index in [9.17, 15) is 8.42 Å². The van der Waals surface area contributed by atoms with E-state index in [0.717, 1.165) is 28.6 Å². The third kappa shape index (κ3) is 2.41. The van der Waals surface area contributed by atoms with Gasteiger partial charge in [-0.15, -0.1) is 0 Å². The van der Waals surface area contributed by atoms with Crippen LogP contribution < -0.4 is 4.74 Å². The molecule has 1 heterocycles. The van der Waals surface area contributed by atoms with Gasteiger partial charge in [-0.1, -0.05) is 15.9 Å². The van der Waals surface area contributed by atoms with Crippen molar-refractivity contribution in [2.24, 2.45) is 0 Å². The molecule has 0 unspecified atom stereocenters. The highest BCUT2D eigenvalue weighted by atomic mass is 79.9. The van der Waals surface area contributed by atoms with Crippen LogP contribution in [0, 0.1) is 0 Å². The first kappa shape index (κ1) is 13.4. The van der Waals surface area contributed by atoms with Crippen LogP contribution in [0.5, 0.6) is 5.75 Å². The molecule has 0 spiro atoms. The van der Waals surface area contributed by atoms with Crippen molar-refractivity contribution in [3.63, 3.8) is 0 Å². The second-order valence-electron chi connectivity index (χ2n) is 5.10. The molecule has 0 N–H and O–H groups in total. The van der Waals surface area contributed by atoms with Crippen molar-refractivity contribution in [3.05, 3.63) is 28.2 Å². The molecule has 1 saturated carbocycles. The Bertz CT molecular complexity index is 598. The molecule has 1 aliphatic heterocycles. The van der Waals surface area contributed by atoms with Crippen LogP contribution in [0.2, 0.25) is 0 Å². The van der Waals surface area contributed by atoms with Crippen molar-refractivity contribution >= 4 is 26.0 Å². The second kappa shape index (κ2) is 4.75. The molecule has 3 rings (SSSR count). The summed E-state index contributed by atoms with van der Waals surface area (Å²) in [5.74, 6) is 0.789. The molecular weight excluding hydrogens is 330 g/mol. The molecule has 0 amide bonds. The van der Waals surface area contributed by atoms with Crippen LogP contribution in [0.1, 0.15) is 30.9 Å². The molecule has 1 fully saturated rings. The number of hydrogen-bond acceptors (Lipinski definition) is 3. The van der Waals surface area contributed by atoms with Gasteiger partial charge in [-0.2, -0.15) is 4.31 Å². The van der Waals surface area contributed by atoms with Gasteiger partial charge in [-0.3, -0.25) is 0 Å². The minimum Gasteiger partial charge on any atom is -0.493 e. The number of ether oxygens (including phenoxy) is 1. The van der Waals surface area contributed by atoms with Crippen molar-refractivity contribution in [2.45, 2.75) is 30.6 Å². The predicted molar refractivity (Wildman–Crippen MR) is 76.7 cm³/mol. The van der Waals surface area contributed by atoms with Crippen LogP contribution in [-0.2, 0) is 10.0 Å². The zero-order valence-electron chi connectivity index (χ0n) is 10.7. The lowest BCUT2D eigenvalue weighted by molar-refractivity contribution is 0.220. The first-order valence-corrected chi connectivity index (χ1v) is 8.69. The summed E-state index contributed by atoms with van der Waals surface area (Å²) in [6.45, 7) is 0.559. The highest BCUT2D eigenvalue weighted by Gasteiger charge is 2.42. The molecule has 0 bridgehead atoms. The van der Waals surface area contributed by atoms with E-state index in [1.165, 1.54) is 0 Å². The normalized spacial score (nSPS) is 23.0. The van der Waals surface area contributed by atoms with Gasteiger partial charge < -0.3 is 4.74 Å². The third-order valence-electron chi connectivity index (χ3n) is 3.77. The number of halogens is 1. The number of benzene rings is 1. The van der Waals surface area contributed by atoms with Crippen molar-refractivity contribution in [3.8, 4) is 5.75 Å². The molecule has 0 radical (unpaired) electrons. The quantitative estimate of drug-likeness (QED) is 0.846. The van der Waals surface area contributed by atoms with Crippen LogP contribution in [0.4, 0.5) is 0 Å². The number of nitrogens with zero attached hydrogens (tertiary/aromatic N) is 1. The van der Waals surface area contributed by atoms with Crippen LogP contribution in [0.3, 0.4) is 0 Å². The number of hydrogen-bond donors (Lipinski definition) is 0. The van der Waals surface area contributed by atoms with Gasteiger partial charge in [0.25, 0.3) is 0 Å². The first-order valence-electron chi connectivity index (χ1n) is 6.39. The fourth-order valence-corrected chi connectivity index (χ4v) is 4.66. The summed E-state index contributed by atoms with van der Waals surface area (Å²) in [6, 6.07) is 5.64. The lowest BCUT2D eigenvalue weighted by Gasteiger charge is -2.32. The van der Waals surface area contributed by atoms with E-state index >= 15 is 0 Å². The molecule has 2 aliphatic rings. The average Bonchev–Trinajstić information content (AvgIpc) is 3.21. The number of rotatable bonds is 3. The van der Waals surface area contributed by atoms with Gasteiger partial charge in [0.1, 0.15) is 5.75 Å². The third-order valence-corrected chi connectivity index (χ3v) is 6.63. The lowest BCUT2D eigenvalue weighted by Crippen LogP contribution is -2.36. The molecule has 4 nitrogen and oxygen atoms in total. The first-order chi connectivity index (χ1) is 9.00. The Kier molecular flexibility index (Phi) is 3.35. The average molecular weight is 346 g/mol. The maximum atomic E-state index is 12.4. The van der Waals surface area contributed by atoms with Gasteiger partial charge in [0.05, 0.1) is 17.9 Å². The zero-order chi connectivity index (χ0) is 13.6. The molecule has 1 aromatic carbocycles. The summed E-state index contributed by atoms with van der Waals surface area (Å²) in [6.07, 6.45) is 2.29. The summed E-state index contributed by atoms with van der Waals surface area (Å²) in [7, 11) is -1.47. The highest BCUT2D eigenvalue weighted by Crippen LogP contribution is 2.41. The van der Waals surface area contributed by atoms with E-state index in [2.05, 4.69) is 15.9 Å². The molecule has 0 saturated heterocycles. The van der Waals surface area contributed by atoms with Crippen molar-refractivity contribution in [1.29, 1.82) is 0 Å². The highest BCUT2D eigenvalue weighted by molar-refractivity contribution is 9.10. The van der Waals surface area contributed by atoms with Crippen LogP contribution >= 0.6 is 15.9 Å². The molecule has 1 aromatic rings. The van der Waals surface area contributed by atoms with Gasteiger partial charge >= 0.3 is 0 Å². The lowest BCUT2D eigenvalue weighted by atomic mass is 10.0. The van der Waals surface area contributed by atoms with Crippen molar-refractivity contribution in [2.75, 3.05) is 13.7 Å². The zero-order valence-corrected chi connectivity index (χ0v) is 13.1.